The molecule has 0 aromatic heterocycles. The first-order valence-corrected chi connectivity index (χ1v) is 5.06. The first-order chi connectivity index (χ1) is 7.74. The Labute approximate surface area is 94.7 Å². The van der Waals surface area contributed by atoms with E-state index >= 15 is 0 Å². The highest BCUT2D eigenvalue weighted by atomic mass is 16.5. The number of esters is 1. The van der Waals surface area contributed by atoms with E-state index in [9.17, 15) is 9.90 Å². The first-order valence-electron chi connectivity index (χ1n) is 5.06. The van der Waals surface area contributed by atoms with E-state index in [2.05, 4.69) is 10.5 Å². The molecular formula is C13H14O3. The molecule has 0 saturated heterocycles. The number of aliphatic hydroxyl groups excluding tert-OH is 1. The fraction of sp³-hybridized carbons (Fsp3) is 0.231. The van der Waals surface area contributed by atoms with Crippen LogP contribution < -0.4 is 0 Å². The predicted molar refractivity (Wildman–Crippen MR) is 60.7 cm³/mol. The van der Waals surface area contributed by atoms with Crippen LogP contribution in [0.3, 0.4) is 0 Å². The van der Waals surface area contributed by atoms with Crippen LogP contribution in [0.15, 0.2) is 48.2 Å². The maximum absolute atomic E-state index is 10.9. The van der Waals surface area contributed by atoms with Crippen molar-refractivity contribution >= 4 is 5.97 Å². The molecule has 0 saturated carbocycles. The molecule has 0 heterocycles. The Morgan fingerprint density at radius 2 is 2.19 bits per heavy atom. The highest BCUT2D eigenvalue weighted by Crippen LogP contribution is 2.12. The smallest absolute Gasteiger partial charge is 0.338 e. The Bertz CT molecular complexity index is 389. The van der Waals surface area contributed by atoms with Crippen LogP contribution in [0.1, 0.15) is 18.6 Å². The quantitative estimate of drug-likeness (QED) is 0.477. The van der Waals surface area contributed by atoms with Crippen LogP contribution in [0.5, 0.6) is 0 Å². The van der Waals surface area contributed by atoms with Crippen molar-refractivity contribution in [3.05, 3.63) is 53.8 Å². The number of hydrogen-bond acceptors (Lipinski definition) is 3. The molecule has 84 valence electrons. The minimum Gasteiger partial charge on any atom is -0.462 e. The topological polar surface area (TPSA) is 46.5 Å². The van der Waals surface area contributed by atoms with Gasteiger partial charge >= 0.3 is 5.97 Å². The highest BCUT2D eigenvalue weighted by Gasteiger charge is 2.00. The van der Waals surface area contributed by atoms with Crippen LogP contribution >= 0.6 is 0 Å². The third kappa shape index (κ3) is 4.13. The Kier molecular flexibility index (Phi) is 5.06. The molecule has 1 N–H and O–H groups in total. The largest absolute Gasteiger partial charge is 0.462 e. The molecule has 0 aliphatic rings. The minimum atomic E-state index is -0.758. The molecule has 1 aromatic carbocycles. The molecule has 0 bridgehead atoms. The number of aliphatic hydroxyl groups is 1. The van der Waals surface area contributed by atoms with Crippen LogP contribution in [-0.4, -0.2) is 17.7 Å². The van der Waals surface area contributed by atoms with E-state index in [1.165, 1.54) is 6.08 Å². The monoisotopic (exact) mass is 218 g/mol. The molecule has 1 rings (SSSR count). The molecular weight excluding hydrogens is 204 g/mol. The Balaban J connectivity index is 2.61. The van der Waals surface area contributed by atoms with Gasteiger partial charge < -0.3 is 9.84 Å². The molecule has 0 spiro atoms. The van der Waals surface area contributed by atoms with Crippen molar-refractivity contribution in [3.63, 3.8) is 0 Å². The Morgan fingerprint density at radius 1 is 1.50 bits per heavy atom. The van der Waals surface area contributed by atoms with Crippen molar-refractivity contribution in [2.24, 2.45) is 0 Å². The normalized spacial score (nSPS) is 11.1. The summed E-state index contributed by atoms with van der Waals surface area (Å²) in [5.41, 5.74) is 3.35. The van der Waals surface area contributed by atoms with Gasteiger partial charge in [0.1, 0.15) is 6.10 Å². The second-order valence-corrected chi connectivity index (χ2v) is 3.09. The lowest BCUT2D eigenvalue weighted by Crippen LogP contribution is -1.98. The molecule has 0 aliphatic heterocycles. The van der Waals surface area contributed by atoms with Crippen LogP contribution in [0.25, 0.3) is 0 Å². The zero-order valence-corrected chi connectivity index (χ0v) is 9.09. The van der Waals surface area contributed by atoms with Crippen LogP contribution in [0.4, 0.5) is 0 Å². The first kappa shape index (κ1) is 12.2. The van der Waals surface area contributed by atoms with Gasteiger partial charge in [-0.3, -0.25) is 0 Å². The van der Waals surface area contributed by atoms with Crippen molar-refractivity contribution in [3.8, 4) is 0 Å². The lowest BCUT2D eigenvalue weighted by molar-refractivity contribution is -0.137. The molecule has 1 atom stereocenters. The van der Waals surface area contributed by atoms with E-state index < -0.39 is 12.1 Å². The van der Waals surface area contributed by atoms with Gasteiger partial charge in [0.05, 0.1) is 12.7 Å². The summed E-state index contributed by atoms with van der Waals surface area (Å²) in [5.74, 6) is -0.459. The van der Waals surface area contributed by atoms with Crippen molar-refractivity contribution in [1.82, 2.24) is 0 Å². The fourth-order valence-corrected chi connectivity index (χ4v) is 1.14. The summed E-state index contributed by atoms with van der Waals surface area (Å²) in [4.78, 5) is 10.9. The van der Waals surface area contributed by atoms with Crippen molar-refractivity contribution < 1.29 is 14.6 Å². The SMILES string of the molecule is CCOC(=O)C=C=CC(O)c1ccccc1. The standard InChI is InChI=1S/C13H14O3/c1-2-16-13(15)10-6-9-12(14)11-7-4-3-5-8-11/h3-5,7-10,12,14H,2H2,1H3. The average Bonchev–Trinajstić information content (AvgIpc) is 2.30. The zero-order valence-electron chi connectivity index (χ0n) is 9.09. The maximum Gasteiger partial charge on any atom is 0.338 e. The predicted octanol–water partition coefficient (Wildman–Crippen LogP) is 1.99. The lowest BCUT2D eigenvalue weighted by Gasteiger charge is -2.02. The number of carbonyl (C=O) groups excluding carboxylic acids is 1. The molecule has 0 radical (unpaired) electrons. The third-order valence-corrected chi connectivity index (χ3v) is 1.88. The third-order valence-electron chi connectivity index (χ3n) is 1.88. The summed E-state index contributed by atoms with van der Waals surface area (Å²) in [5, 5.41) is 9.67. The van der Waals surface area contributed by atoms with Gasteiger partial charge in [0.2, 0.25) is 0 Å². The maximum atomic E-state index is 10.9. The summed E-state index contributed by atoms with van der Waals surface area (Å²) in [6, 6.07) is 9.14. The summed E-state index contributed by atoms with van der Waals surface area (Å²) >= 11 is 0. The molecule has 3 heteroatoms. The molecule has 0 aliphatic carbocycles. The van der Waals surface area contributed by atoms with Crippen LogP contribution in [-0.2, 0) is 9.53 Å². The van der Waals surface area contributed by atoms with Gasteiger partial charge in [-0.1, -0.05) is 30.3 Å². The van der Waals surface area contributed by atoms with Gasteiger partial charge in [-0.2, -0.15) is 0 Å². The van der Waals surface area contributed by atoms with E-state index in [1.807, 2.05) is 18.2 Å². The van der Waals surface area contributed by atoms with E-state index in [4.69, 9.17) is 0 Å². The number of carbonyl (C=O) groups is 1. The Hall–Kier alpha value is -1.83. The van der Waals surface area contributed by atoms with Crippen molar-refractivity contribution in [2.45, 2.75) is 13.0 Å². The second kappa shape index (κ2) is 6.62. The summed E-state index contributed by atoms with van der Waals surface area (Å²) in [6.07, 6.45) is 1.81. The average molecular weight is 218 g/mol. The Morgan fingerprint density at radius 3 is 2.81 bits per heavy atom. The van der Waals surface area contributed by atoms with Gasteiger partial charge in [-0.25, -0.2) is 4.79 Å². The highest BCUT2D eigenvalue weighted by molar-refractivity contribution is 5.81. The van der Waals surface area contributed by atoms with Gasteiger partial charge in [-0.15, -0.1) is 5.73 Å². The molecule has 1 unspecified atom stereocenters. The number of hydrogen-bond donors (Lipinski definition) is 1. The number of rotatable bonds is 4. The molecule has 0 fully saturated rings. The van der Waals surface area contributed by atoms with Gasteiger partial charge in [0, 0.05) is 0 Å². The molecule has 0 amide bonds. The fourth-order valence-electron chi connectivity index (χ4n) is 1.14. The summed E-state index contributed by atoms with van der Waals surface area (Å²) < 4.78 is 4.67. The van der Waals surface area contributed by atoms with Crippen molar-refractivity contribution in [2.75, 3.05) is 6.61 Å². The minimum absolute atomic E-state index is 0.332. The van der Waals surface area contributed by atoms with Crippen LogP contribution in [0.2, 0.25) is 0 Å². The number of ether oxygens (including phenoxy) is 1. The van der Waals surface area contributed by atoms with E-state index in [0.29, 0.717) is 6.61 Å². The van der Waals surface area contributed by atoms with E-state index in [0.717, 1.165) is 11.6 Å². The second-order valence-electron chi connectivity index (χ2n) is 3.09. The summed E-state index contributed by atoms with van der Waals surface area (Å²) in [6.45, 7) is 2.06. The molecule has 3 nitrogen and oxygen atoms in total. The van der Waals surface area contributed by atoms with Crippen LogP contribution in [0, 0.1) is 0 Å². The van der Waals surface area contributed by atoms with E-state index in [-0.39, 0.29) is 0 Å². The molecule has 16 heavy (non-hydrogen) atoms. The van der Waals surface area contributed by atoms with Gasteiger partial charge in [-0.05, 0) is 18.6 Å². The molecule has 1 aromatic rings. The van der Waals surface area contributed by atoms with Crippen molar-refractivity contribution in [1.29, 1.82) is 0 Å². The number of benzene rings is 1. The zero-order chi connectivity index (χ0) is 11.8. The van der Waals surface area contributed by atoms with Gasteiger partial charge in [0.15, 0.2) is 0 Å². The lowest BCUT2D eigenvalue weighted by atomic mass is 10.1. The van der Waals surface area contributed by atoms with E-state index in [1.54, 1.807) is 19.1 Å². The summed E-state index contributed by atoms with van der Waals surface area (Å²) in [7, 11) is 0. The van der Waals surface area contributed by atoms with Gasteiger partial charge in [0.25, 0.3) is 0 Å².